The molecule has 2 aliphatic carbocycles. The molecule has 17 nitrogen and oxygen atoms in total. The molecule has 0 radical (unpaired) electrons. The first kappa shape index (κ1) is 44.0. The highest BCUT2D eigenvalue weighted by Crippen LogP contribution is 2.37. The molecule has 58 heavy (non-hydrogen) atoms. The van der Waals surface area contributed by atoms with E-state index in [9.17, 15) is 37.5 Å². The summed E-state index contributed by atoms with van der Waals surface area (Å²) >= 11 is 0. The van der Waals surface area contributed by atoms with Crippen molar-refractivity contribution >= 4 is 71.8 Å². The van der Waals surface area contributed by atoms with Crippen LogP contribution in [0.25, 0.3) is 0 Å². The van der Waals surface area contributed by atoms with Crippen LogP contribution in [0.3, 0.4) is 0 Å². The van der Waals surface area contributed by atoms with Crippen molar-refractivity contribution in [2.75, 3.05) is 98.4 Å². The Morgan fingerprint density at radius 1 is 0.759 bits per heavy atom. The molecule has 4 aliphatic heterocycles. The summed E-state index contributed by atoms with van der Waals surface area (Å²) in [6.45, 7) is 5.87. The monoisotopic (exact) mass is 836 g/mol. The molecule has 0 spiro atoms. The molecule has 4 N–H and O–H groups in total. The summed E-state index contributed by atoms with van der Waals surface area (Å²) in [6, 6.07) is 9.46. The van der Waals surface area contributed by atoms with E-state index in [1.807, 2.05) is 9.80 Å². The number of carbonyl (C=O) groups excluding carboxylic acids is 5. The third-order valence-corrected chi connectivity index (χ3v) is 10.4. The van der Waals surface area contributed by atoms with Crippen molar-refractivity contribution in [2.24, 2.45) is 29.4 Å². The van der Waals surface area contributed by atoms with Crippen molar-refractivity contribution < 1.29 is 61.6 Å². The molecule has 2 aromatic rings. The van der Waals surface area contributed by atoms with Gasteiger partial charge in [-0.25, -0.2) is 18.4 Å². The van der Waals surface area contributed by atoms with Crippen LogP contribution in [0.1, 0.15) is 12.8 Å². The Balaban J connectivity index is 0.000000188. The number of cyclic esters (lactones) is 2. The smallest absolute Gasteiger partial charge is 0.414 e. The van der Waals surface area contributed by atoms with Gasteiger partial charge in [0.25, 0.3) is 0 Å². The molecule has 2 saturated carbocycles. The Morgan fingerprint density at radius 2 is 1.21 bits per heavy atom. The second kappa shape index (κ2) is 20.0. The Labute approximate surface area is 339 Å². The third kappa shape index (κ3) is 10.9. The number of morpholine rings is 2. The molecular weight excluding hydrogens is 790 g/mol. The summed E-state index contributed by atoms with van der Waals surface area (Å²) in [5.41, 5.74) is 7.41. The van der Waals surface area contributed by atoms with E-state index in [0.717, 1.165) is 6.29 Å². The SMILES string of the molecule is Cl.NC[C@H]1CN(c2ccc(N3CCOCC3)c(F)c2)C(=O)O1.O=CC1CC1C(=O)NC[C@H]1CN(c2ccc(N3CCOCC3)c(F)c2)C(=O)O1.O=CC1CC1C(=O)O. The molecule has 4 unspecified atom stereocenters. The molecule has 4 heterocycles. The summed E-state index contributed by atoms with van der Waals surface area (Å²) in [4.78, 5) is 72.9. The number of carbonyl (C=O) groups is 6. The lowest BCUT2D eigenvalue weighted by Crippen LogP contribution is -2.37. The first-order valence-electron chi connectivity index (χ1n) is 18.8. The van der Waals surface area contributed by atoms with Gasteiger partial charge in [0.15, 0.2) is 0 Å². The number of halogens is 3. The molecule has 0 bridgehead atoms. The quantitative estimate of drug-likeness (QED) is 0.278. The highest BCUT2D eigenvalue weighted by molar-refractivity contribution is 5.91. The minimum absolute atomic E-state index is 0. The predicted octanol–water partition coefficient (Wildman–Crippen LogP) is 2.21. The van der Waals surface area contributed by atoms with Gasteiger partial charge in [0.1, 0.15) is 36.4 Å². The summed E-state index contributed by atoms with van der Waals surface area (Å²) < 4.78 is 49.8. The van der Waals surface area contributed by atoms with Crippen LogP contribution in [0.2, 0.25) is 0 Å². The fourth-order valence-corrected chi connectivity index (χ4v) is 6.80. The van der Waals surface area contributed by atoms with Crippen LogP contribution in [0.4, 0.5) is 41.1 Å². The van der Waals surface area contributed by atoms with Gasteiger partial charge in [-0.1, -0.05) is 0 Å². The minimum atomic E-state index is -0.845. The normalized spacial score (nSPS) is 25.8. The second-order valence-corrected chi connectivity index (χ2v) is 14.3. The van der Waals surface area contributed by atoms with Crippen molar-refractivity contribution in [3.05, 3.63) is 48.0 Å². The Bertz CT molecular complexity index is 1820. The van der Waals surface area contributed by atoms with Gasteiger partial charge in [-0.3, -0.25) is 19.4 Å². The number of hydrogen-bond donors (Lipinski definition) is 3. The number of aliphatic carboxylic acids is 1. The molecule has 0 aromatic heterocycles. The first-order chi connectivity index (χ1) is 27.5. The van der Waals surface area contributed by atoms with Crippen molar-refractivity contribution in [3.8, 4) is 0 Å². The number of anilines is 4. The number of ether oxygens (including phenoxy) is 4. The van der Waals surface area contributed by atoms with Gasteiger partial charge in [-0.05, 0) is 49.2 Å². The number of rotatable bonds is 11. The predicted molar refractivity (Wildman–Crippen MR) is 206 cm³/mol. The van der Waals surface area contributed by atoms with E-state index in [2.05, 4.69) is 5.32 Å². The maximum Gasteiger partial charge on any atom is 0.414 e. The van der Waals surface area contributed by atoms with Crippen molar-refractivity contribution in [1.29, 1.82) is 0 Å². The molecule has 6 fully saturated rings. The number of nitrogens with two attached hydrogens (primary N) is 1. The average Bonchev–Trinajstić information content (AvgIpc) is 4.13. The highest BCUT2D eigenvalue weighted by atomic mass is 35.5. The van der Waals surface area contributed by atoms with E-state index >= 15 is 0 Å². The molecule has 6 aliphatic rings. The first-order valence-corrected chi connectivity index (χ1v) is 18.8. The van der Waals surface area contributed by atoms with Crippen LogP contribution in [0.5, 0.6) is 0 Å². The lowest BCUT2D eigenvalue weighted by atomic mass is 10.2. The number of nitrogens with zero attached hydrogens (tertiary/aromatic N) is 4. The fourth-order valence-electron chi connectivity index (χ4n) is 6.80. The summed E-state index contributed by atoms with van der Waals surface area (Å²) in [6.07, 6.45) is 0.694. The largest absolute Gasteiger partial charge is 0.481 e. The fraction of sp³-hybridized carbons (Fsp3) is 0.526. The van der Waals surface area contributed by atoms with Crippen LogP contribution >= 0.6 is 12.4 Å². The van der Waals surface area contributed by atoms with Gasteiger partial charge in [0.05, 0.1) is 74.7 Å². The van der Waals surface area contributed by atoms with Crippen LogP contribution in [-0.4, -0.2) is 133 Å². The number of carboxylic acids is 1. The van der Waals surface area contributed by atoms with Crippen LogP contribution in [0.15, 0.2) is 36.4 Å². The van der Waals surface area contributed by atoms with Crippen LogP contribution in [0, 0.1) is 35.3 Å². The second-order valence-electron chi connectivity index (χ2n) is 14.3. The minimum Gasteiger partial charge on any atom is -0.481 e. The maximum atomic E-state index is 14.6. The van der Waals surface area contributed by atoms with Crippen molar-refractivity contribution in [2.45, 2.75) is 25.0 Å². The number of hydrogen-bond acceptors (Lipinski definition) is 13. The van der Waals surface area contributed by atoms with Gasteiger partial charge in [-0.15, -0.1) is 12.4 Å². The molecule has 316 valence electrons. The lowest BCUT2D eigenvalue weighted by Gasteiger charge is -2.29. The number of carboxylic acid groups (broad SMARTS) is 1. The third-order valence-electron chi connectivity index (χ3n) is 10.4. The zero-order valence-corrected chi connectivity index (χ0v) is 32.4. The maximum absolute atomic E-state index is 14.6. The Hall–Kier alpha value is -5.11. The number of aldehydes is 2. The molecule has 3 amide bonds. The van der Waals surface area contributed by atoms with E-state index in [1.54, 1.807) is 24.3 Å². The average molecular weight is 837 g/mol. The van der Waals surface area contributed by atoms with Crippen LogP contribution in [-0.2, 0) is 38.1 Å². The highest BCUT2D eigenvalue weighted by Gasteiger charge is 2.44. The molecule has 6 atom stereocenters. The summed E-state index contributed by atoms with van der Waals surface area (Å²) in [7, 11) is 0. The molecule has 2 aromatic carbocycles. The van der Waals surface area contributed by atoms with E-state index in [1.165, 1.54) is 21.9 Å². The Kier molecular flexibility index (Phi) is 15.2. The lowest BCUT2D eigenvalue weighted by molar-refractivity contribution is -0.139. The van der Waals surface area contributed by atoms with E-state index in [0.29, 0.717) is 101 Å². The van der Waals surface area contributed by atoms with E-state index in [-0.39, 0.29) is 73.5 Å². The molecule has 8 rings (SSSR count). The molecular formula is C38H47ClF2N6O11. The van der Waals surface area contributed by atoms with Gasteiger partial charge in [0, 0.05) is 50.5 Å². The van der Waals surface area contributed by atoms with Crippen molar-refractivity contribution in [1.82, 2.24) is 5.32 Å². The van der Waals surface area contributed by atoms with Crippen molar-refractivity contribution in [3.63, 3.8) is 0 Å². The summed E-state index contributed by atoms with van der Waals surface area (Å²) in [5, 5.41) is 10.9. The topological polar surface area (TPSA) is 211 Å². The molecule has 4 saturated heterocycles. The number of nitrogens with one attached hydrogen (secondary N) is 1. The molecule has 20 heteroatoms. The zero-order valence-electron chi connectivity index (χ0n) is 31.5. The van der Waals surface area contributed by atoms with Crippen LogP contribution < -0.4 is 30.7 Å². The van der Waals surface area contributed by atoms with Gasteiger partial charge in [0.2, 0.25) is 5.91 Å². The van der Waals surface area contributed by atoms with Gasteiger partial charge >= 0.3 is 18.2 Å². The zero-order chi connectivity index (χ0) is 40.6. The van der Waals surface area contributed by atoms with E-state index < -0.39 is 30.1 Å². The Morgan fingerprint density at radius 3 is 1.59 bits per heavy atom. The van der Waals surface area contributed by atoms with Gasteiger partial charge in [-0.2, -0.15) is 0 Å². The number of amides is 3. The summed E-state index contributed by atoms with van der Waals surface area (Å²) in [5.74, 6) is -2.83. The van der Waals surface area contributed by atoms with Gasteiger partial charge < -0.3 is 54.5 Å². The van der Waals surface area contributed by atoms with E-state index in [4.69, 9.17) is 29.8 Å². The number of benzene rings is 2. The standard InChI is InChI=1S/C19H22FN3O5.C14H18FN3O3.C5H6O3.ClH/c20-16-8-13(1-2-17(16)22-3-5-27-6-4-22)23-10-14(28-19(23)26)9-21-18(25)15-7-12(15)11-24;15-12-7-10(18-9-11(8-16)21-14(18)19)1-2-13(12)17-3-5-20-6-4-17;6-2-3-1-4(3)5(7)8;/h1-2,8,11-12,14-15H,3-7,9-10H2,(H,21,25);1-2,7,11H,3-6,8-9,16H2;2-4H,1H2,(H,7,8);1H/t12?,14-,15?;11-;;/m00../s1.